The van der Waals surface area contributed by atoms with Crippen LogP contribution in [-0.2, 0) is 0 Å². The van der Waals surface area contributed by atoms with Gasteiger partial charge in [-0.1, -0.05) is 13.3 Å². The number of nitrogens with zero attached hydrogens (tertiary/aromatic N) is 2. The summed E-state index contributed by atoms with van der Waals surface area (Å²) in [4.78, 5) is 8.69. The highest BCUT2D eigenvalue weighted by Gasteiger charge is 2.06. The Hall–Kier alpha value is -1.16. The molecule has 0 amide bonds. The largest absolute Gasteiger partial charge is 0.354 e. The molecule has 1 atom stereocenters. The zero-order valence-corrected chi connectivity index (χ0v) is 10.5. The highest BCUT2D eigenvalue weighted by molar-refractivity contribution is 5.27. The highest BCUT2D eigenvalue weighted by atomic mass is 15.1. The lowest BCUT2D eigenvalue weighted by molar-refractivity contribution is 0.500. The Morgan fingerprint density at radius 1 is 1.31 bits per heavy atom. The Bertz CT molecular complexity index is 305. The molecule has 0 aliphatic heterocycles. The zero-order chi connectivity index (χ0) is 12.0. The third-order valence-corrected chi connectivity index (χ3v) is 2.68. The summed E-state index contributed by atoms with van der Waals surface area (Å²) in [6, 6.07) is 1.97. The second-order valence-corrected chi connectivity index (χ2v) is 4.21. The molecule has 0 saturated carbocycles. The molecular formula is C12H22N4. The maximum Gasteiger partial charge on any atom is 0.223 e. The van der Waals surface area contributed by atoms with Crippen LogP contribution in [0.4, 0.5) is 5.95 Å². The Labute approximate surface area is 97.7 Å². The van der Waals surface area contributed by atoms with Gasteiger partial charge in [-0.3, -0.25) is 0 Å². The normalized spacial score (nSPS) is 12.5. The fourth-order valence-corrected chi connectivity index (χ4v) is 1.73. The summed E-state index contributed by atoms with van der Waals surface area (Å²) < 4.78 is 0. The fourth-order valence-electron chi connectivity index (χ4n) is 1.73. The van der Waals surface area contributed by atoms with Crippen LogP contribution in [0.1, 0.15) is 31.2 Å². The molecule has 1 aromatic heterocycles. The summed E-state index contributed by atoms with van der Waals surface area (Å²) >= 11 is 0. The first kappa shape index (κ1) is 12.9. The third kappa shape index (κ3) is 4.14. The van der Waals surface area contributed by atoms with Crippen LogP contribution < -0.4 is 11.1 Å². The summed E-state index contributed by atoms with van der Waals surface area (Å²) in [7, 11) is 0. The fraction of sp³-hybridized carbons (Fsp3) is 0.667. The highest BCUT2D eigenvalue weighted by Crippen LogP contribution is 2.09. The number of anilines is 1. The molecule has 0 aromatic carbocycles. The molecule has 0 bridgehead atoms. The molecule has 1 unspecified atom stereocenters. The number of rotatable bonds is 6. The van der Waals surface area contributed by atoms with Gasteiger partial charge in [0.25, 0.3) is 0 Å². The minimum Gasteiger partial charge on any atom is -0.354 e. The van der Waals surface area contributed by atoms with Gasteiger partial charge in [-0.05, 0) is 38.8 Å². The summed E-state index contributed by atoms with van der Waals surface area (Å²) in [5.74, 6) is 1.34. The second-order valence-electron chi connectivity index (χ2n) is 4.21. The average molecular weight is 222 g/mol. The number of aromatic nitrogens is 2. The first-order valence-electron chi connectivity index (χ1n) is 5.92. The van der Waals surface area contributed by atoms with E-state index < -0.39 is 0 Å². The van der Waals surface area contributed by atoms with E-state index in [9.17, 15) is 0 Å². The van der Waals surface area contributed by atoms with E-state index in [1.807, 2.05) is 19.9 Å². The molecule has 0 spiro atoms. The van der Waals surface area contributed by atoms with Gasteiger partial charge < -0.3 is 11.1 Å². The summed E-state index contributed by atoms with van der Waals surface area (Å²) in [5, 5.41) is 3.28. The van der Waals surface area contributed by atoms with Crippen molar-refractivity contribution in [1.29, 1.82) is 0 Å². The quantitative estimate of drug-likeness (QED) is 0.771. The third-order valence-electron chi connectivity index (χ3n) is 2.68. The minimum atomic E-state index is 0.606. The SMILES string of the molecule is CCC(CCN)CNc1nc(C)cc(C)n1. The molecule has 0 radical (unpaired) electrons. The molecule has 16 heavy (non-hydrogen) atoms. The molecule has 4 heteroatoms. The van der Waals surface area contributed by atoms with E-state index in [1.54, 1.807) is 0 Å². The van der Waals surface area contributed by atoms with E-state index in [0.29, 0.717) is 5.92 Å². The monoisotopic (exact) mass is 222 g/mol. The maximum absolute atomic E-state index is 5.56. The van der Waals surface area contributed by atoms with Crippen molar-refractivity contribution in [1.82, 2.24) is 9.97 Å². The Balaban J connectivity index is 2.52. The van der Waals surface area contributed by atoms with Gasteiger partial charge in [0, 0.05) is 17.9 Å². The lowest BCUT2D eigenvalue weighted by Crippen LogP contribution is -2.18. The molecule has 90 valence electrons. The van der Waals surface area contributed by atoms with Gasteiger partial charge in [-0.2, -0.15) is 0 Å². The van der Waals surface area contributed by atoms with Gasteiger partial charge in [0.15, 0.2) is 0 Å². The van der Waals surface area contributed by atoms with E-state index in [0.717, 1.165) is 43.3 Å². The van der Waals surface area contributed by atoms with Crippen molar-refractivity contribution >= 4 is 5.95 Å². The van der Waals surface area contributed by atoms with Crippen LogP contribution >= 0.6 is 0 Å². The van der Waals surface area contributed by atoms with E-state index >= 15 is 0 Å². The number of hydrogen-bond donors (Lipinski definition) is 2. The van der Waals surface area contributed by atoms with Crippen molar-refractivity contribution in [2.75, 3.05) is 18.4 Å². The first-order valence-corrected chi connectivity index (χ1v) is 5.92. The van der Waals surface area contributed by atoms with Gasteiger partial charge >= 0.3 is 0 Å². The van der Waals surface area contributed by atoms with Gasteiger partial charge in [0.2, 0.25) is 5.95 Å². The van der Waals surface area contributed by atoms with Gasteiger partial charge in [-0.15, -0.1) is 0 Å². The maximum atomic E-state index is 5.56. The van der Waals surface area contributed by atoms with Crippen molar-refractivity contribution in [2.24, 2.45) is 11.7 Å². The van der Waals surface area contributed by atoms with Crippen LogP contribution in [0.3, 0.4) is 0 Å². The molecule has 0 saturated heterocycles. The molecule has 4 nitrogen and oxygen atoms in total. The van der Waals surface area contributed by atoms with Gasteiger partial charge in [0.05, 0.1) is 0 Å². The molecule has 0 aliphatic carbocycles. The van der Waals surface area contributed by atoms with Crippen molar-refractivity contribution in [3.63, 3.8) is 0 Å². The average Bonchev–Trinajstić information content (AvgIpc) is 2.23. The van der Waals surface area contributed by atoms with Crippen molar-refractivity contribution in [3.05, 3.63) is 17.5 Å². The predicted octanol–water partition coefficient (Wildman–Crippen LogP) is 1.88. The number of nitrogens with two attached hydrogens (primary N) is 1. The predicted molar refractivity (Wildman–Crippen MR) is 67.4 cm³/mol. The summed E-state index contributed by atoms with van der Waals surface area (Å²) in [6.07, 6.45) is 2.18. The zero-order valence-electron chi connectivity index (χ0n) is 10.5. The number of aryl methyl sites for hydroxylation is 2. The Kier molecular flexibility index (Phi) is 5.19. The molecule has 0 aliphatic rings. The van der Waals surface area contributed by atoms with E-state index in [4.69, 9.17) is 5.73 Å². The van der Waals surface area contributed by atoms with Crippen molar-refractivity contribution in [2.45, 2.75) is 33.6 Å². The molecule has 0 fully saturated rings. The number of nitrogens with one attached hydrogen (secondary N) is 1. The summed E-state index contributed by atoms with van der Waals surface area (Å²) in [6.45, 7) is 7.79. The standard InChI is InChI=1S/C12H22N4/c1-4-11(5-6-13)8-14-12-15-9(2)7-10(3)16-12/h7,11H,4-6,8,13H2,1-3H3,(H,14,15,16). The Morgan fingerprint density at radius 3 is 2.44 bits per heavy atom. The molecule has 1 aromatic rings. The molecule has 1 heterocycles. The Morgan fingerprint density at radius 2 is 1.94 bits per heavy atom. The van der Waals surface area contributed by atoms with Crippen LogP contribution in [0.25, 0.3) is 0 Å². The van der Waals surface area contributed by atoms with Crippen LogP contribution in [0, 0.1) is 19.8 Å². The first-order chi connectivity index (χ1) is 7.65. The minimum absolute atomic E-state index is 0.606. The topological polar surface area (TPSA) is 63.8 Å². The van der Waals surface area contributed by atoms with Gasteiger partial charge in [0.1, 0.15) is 0 Å². The smallest absolute Gasteiger partial charge is 0.223 e. The van der Waals surface area contributed by atoms with Gasteiger partial charge in [-0.25, -0.2) is 9.97 Å². The van der Waals surface area contributed by atoms with E-state index in [1.165, 1.54) is 0 Å². The molecule has 1 rings (SSSR count). The van der Waals surface area contributed by atoms with Crippen LogP contribution in [-0.4, -0.2) is 23.1 Å². The second kappa shape index (κ2) is 6.43. The van der Waals surface area contributed by atoms with Crippen molar-refractivity contribution < 1.29 is 0 Å². The summed E-state index contributed by atoms with van der Waals surface area (Å²) in [5.41, 5.74) is 7.57. The number of hydrogen-bond acceptors (Lipinski definition) is 4. The van der Waals surface area contributed by atoms with E-state index in [-0.39, 0.29) is 0 Å². The van der Waals surface area contributed by atoms with E-state index in [2.05, 4.69) is 22.2 Å². The van der Waals surface area contributed by atoms with Crippen LogP contribution in [0.2, 0.25) is 0 Å². The van der Waals surface area contributed by atoms with Crippen LogP contribution in [0.15, 0.2) is 6.07 Å². The molecule has 3 N–H and O–H groups in total. The van der Waals surface area contributed by atoms with Crippen LogP contribution in [0.5, 0.6) is 0 Å². The lowest BCUT2D eigenvalue weighted by Gasteiger charge is -2.14. The van der Waals surface area contributed by atoms with Crippen molar-refractivity contribution in [3.8, 4) is 0 Å². The lowest BCUT2D eigenvalue weighted by atomic mass is 10.0. The molecular weight excluding hydrogens is 200 g/mol.